The number of aliphatic hydroxyl groups excluding tert-OH is 1. The van der Waals surface area contributed by atoms with Crippen molar-refractivity contribution < 1.29 is 9.90 Å². The number of aliphatic hydroxyl groups is 1. The van der Waals surface area contributed by atoms with Gasteiger partial charge in [-0.1, -0.05) is 6.58 Å². The predicted octanol–water partition coefficient (Wildman–Crippen LogP) is 0.869. The van der Waals surface area contributed by atoms with Gasteiger partial charge < -0.3 is 10.4 Å². The summed E-state index contributed by atoms with van der Waals surface area (Å²) in [6.07, 6.45) is 3.39. The molecule has 0 fully saturated rings. The Kier molecular flexibility index (Phi) is 4.28. The number of rotatable bonds is 5. The topological polar surface area (TPSA) is 62.2 Å². The van der Waals surface area contributed by atoms with Crippen LogP contribution in [0.15, 0.2) is 24.4 Å². The van der Waals surface area contributed by atoms with Crippen molar-refractivity contribution in [1.29, 1.82) is 0 Å². The molecule has 1 amide bonds. The maximum Gasteiger partial charge on any atom is 0.243 e. The van der Waals surface area contributed by atoms with E-state index in [0.717, 1.165) is 4.88 Å². The van der Waals surface area contributed by atoms with Crippen LogP contribution in [0.5, 0.6) is 0 Å². The maximum atomic E-state index is 11.1. The third-order valence-electron chi connectivity index (χ3n) is 1.71. The molecule has 1 aromatic heterocycles. The normalized spacial score (nSPS) is 12.1. The van der Waals surface area contributed by atoms with E-state index in [9.17, 15) is 4.79 Å². The Morgan fingerprint density at radius 1 is 1.86 bits per heavy atom. The summed E-state index contributed by atoms with van der Waals surface area (Å²) < 4.78 is 0. The zero-order chi connectivity index (χ0) is 10.4. The molecule has 0 unspecified atom stereocenters. The second-order valence-electron chi connectivity index (χ2n) is 2.68. The van der Waals surface area contributed by atoms with Gasteiger partial charge in [0.2, 0.25) is 5.91 Å². The molecular weight excluding hydrogens is 200 g/mol. The second kappa shape index (κ2) is 5.51. The number of amides is 1. The molecule has 76 valence electrons. The van der Waals surface area contributed by atoms with E-state index in [4.69, 9.17) is 5.11 Å². The molecule has 0 saturated heterocycles. The minimum Gasteiger partial charge on any atom is -0.396 e. The average Bonchev–Trinajstić information content (AvgIpc) is 2.69. The molecule has 0 radical (unpaired) electrons. The monoisotopic (exact) mass is 212 g/mol. The molecule has 2 N–H and O–H groups in total. The van der Waals surface area contributed by atoms with Crippen LogP contribution < -0.4 is 5.32 Å². The number of hydrogen-bond acceptors (Lipinski definition) is 4. The number of hydrogen-bond donors (Lipinski definition) is 2. The van der Waals surface area contributed by atoms with Gasteiger partial charge >= 0.3 is 0 Å². The van der Waals surface area contributed by atoms with Crippen LogP contribution in [0.4, 0.5) is 0 Å². The van der Waals surface area contributed by atoms with Gasteiger partial charge in [-0.25, -0.2) is 0 Å². The Morgan fingerprint density at radius 2 is 2.64 bits per heavy atom. The highest BCUT2D eigenvalue weighted by Crippen LogP contribution is 2.19. The highest BCUT2D eigenvalue weighted by Gasteiger charge is 2.13. The number of carbonyl (C=O) groups excluding carboxylic acids is 1. The minimum atomic E-state index is -0.239. The molecule has 0 spiro atoms. The SMILES string of the molecule is C=CC(=O)N[C@H](CCO)c1cncs1. The van der Waals surface area contributed by atoms with Gasteiger partial charge in [-0.2, -0.15) is 0 Å². The summed E-state index contributed by atoms with van der Waals surface area (Å²) in [4.78, 5) is 15.9. The van der Waals surface area contributed by atoms with Gasteiger partial charge in [0.25, 0.3) is 0 Å². The van der Waals surface area contributed by atoms with Crippen LogP contribution in [0.3, 0.4) is 0 Å². The first kappa shape index (κ1) is 10.9. The van der Waals surface area contributed by atoms with E-state index in [1.807, 2.05) is 0 Å². The molecule has 5 heteroatoms. The van der Waals surface area contributed by atoms with Gasteiger partial charge in [-0.15, -0.1) is 11.3 Å². The molecule has 0 aliphatic heterocycles. The summed E-state index contributed by atoms with van der Waals surface area (Å²) in [6, 6.07) is -0.169. The summed E-state index contributed by atoms with van der Waals surface area (Å²) in [7, 11) is 0. The van der Waals surface area contributed by atoms with Crippen LogP contribution in [0.1, 0.15) is 17.3 Å². The van der Waals surface area contributed by atoms with E-state index in [-0.39, 0.29) is 18.6 Å². The predicted molar refractivity (Wildman–Crippen MR) is 54.9 cm³/mol. The molecule has 0 aliphatic carbocycles. The lowest BCUT2D eigenvalue weighted by molar-refractivity contribution is -0.117. The quantitative estimate of drug-likeness (QED) is 0.712. The molecular formula is C9H12N2O2S. The fourth-order valence-corrected chi connectivity index (χ4v) is 1.75. The minimum absolute atomic E-state index is 0.0278. The van der Waals surface area contributed by atoms with E-state index in [1.54, 1.807) is 11.7 Å². The van der Waals surface area contributed by atoms with Gasteiger partial charge in [-0.05, 0) is 12.5 Å². The molecule has 14 heavy (non-hydrogen) atoms. The van der Waals surface area contributed by atoms with E-state index in [2.05, 4.69) is 16.9 Å². The number of nitrogens with one attached hydrogen (secondary N) is 1. The Balaban J connectivity index is 2.64. The highest BCUT2D eigenvalue weighted by molar-refractivity contribution is 7.09. The van der Waals surface area contributed by atoms with Crippen molar-refractivity contribution in [2.45, 2.75) is 12.5 Å². The lowest BCUT2D eigenvalue weighted by Crippen LogP contribution is -2.26. The molecule has 0 bridgehead atoms. The highest BCUT2D eigenvalue weighted by atomic mass is 32.1. The van der Waals surface area contributed by atoms with Crippen molar-refractivity contribution in [3.05, 3.63) is 29.2 Å². The van der Waals surface area contributed by atoms with Gasteiger partial charge in [0.05, 0.1) is 11.6 Å². The maximum absolute atomic E-state index is 11.1. The summed E-state index contributed by atoms with van der Waals surface area (Å²) in [5.41, 5.74) is 1.69. The van der Waals surface area contributed by atoms with Crippen LogP contribution in [-0.2, 0) is 4.79 Å². The summed E-state index contributed by atoms with van der Waals surface area (Å²) >= 11 is 1.45. The Hall–Kier alpha value is -1.20. The van der Waals surface area contributed by atoms with Crippen LogP contribution in [-0.4, -0.2) is 22.6 Å². The lowest BCUT2D eigenvalue weighted by atomic mass is 10.2. The number of aromatic nitrogens is 1. The first-order valence-corrected chi connectivity index (χ1v) is 5.08. The first-order chi connectivity index (χ1) is 6.77. The Morgan fingerprint density at radius 3 is 3.14 bits per heavy atom. The molecule has 0 saturated carbocycles. The second-order valence-corrected chi connectivity index (χ2v) is 3.60. The van der Waals surface area contributed by atoms with Gasteiger partial charge in [0, 0.05) is 17.7 Å². The third kappa shape index (κ3) is 2.93. The van der Waals surface area contributed by atoms with Crippen LogP contribution in [0.25, 0.3) is 0 Å². The average molecular weight is 212 g/mol. The van der Waals surface area contributed by atoms with Crippen LogP contribution in [0, 0.1) is 0 Å². The summed E-state index contributed by atoms with van der Waals surface area (Å²) in [5.74, 6) is -0.239. The van der Waals surface area contributed by atoms with E-state index < -0.39 is 0 Å². The molecule has 0 aliphatic rings. The third-order valence-corrected chi connectivity index (χ3v) is 2.60. The molecule has 0 aromatic carbocycles. The number of carbonyl (C=O) groups is 1. The van der Waals surface area contributed by atoms with Gasteiger partial charge in [0.15, 0.2) is 0 Å². The lowest BCUT2D eigenvalue weighted by Gasteiger charge is -2.14. The van der Waals surface area contributed by atoms with E-state index >= 15 is 0 Å². The molecule has 4 nitrogen and oxygen atoms in total. The van der Waals surface area contributed by atoms with E-state index in [0.29, 0.717) is 6.42 Å². The van der Waals surface area contributed by atoms with Crippen molar-refractivity contribution in [2.24, 2.45) is 0 Å². The Bertz CT molecular complexity index is 298. The van der Waals surface area contributed by atoms with Crippen molar-refractivity contribution in [3.8, 4) is 0 Å². The van der Waals surface area contributed by atoms with Gasteiger partial charge in [-0.3, -0.25) is 9.78 Å². The zero-order valence-corrected chi connectivity index (χ0v) is 8.46. The van der Waals surface area contributed by atoms with Crippen molar-refractivity contribution in [2.75, 3.05) is 6.61 Å². The van der Waals surface area contributed by atoms with Crippen molar-refractivity contribution >= 4 is 17.2 Å². The van der Waals surface area contributed by atoms with Crippen molar-refractivity contribution in [3.63, 3.8) is 0 Å². The van der Waals surface area contributed by atoms with Crippen molar-refractivity contribution in [1.82, 2.24) is 10.3 Å². The molecule has 1 aromatic rings. The number of thiazole rings is 1. The van der Waals surface area contributed by atoms with Crippen LogP contribution >= 0.6 is 11.3 Å². The number of nitrogens with zero attached hydrogens (tertiary/aromatic N) is 1. The molecule has 1 heterocycles. The summed E-state index contributed by atoms with van der Waals surface area (Å²) in [6.45, 7) is 3.40. The smallest absolute Gasteiger partial charge is 0.243 e. The standard InChI is InChI=1S/C9H12N2O2S/c1-2-9(13)11-7(3-4-12)8-5-10-6-14-8/h2,5-7,12H,1,3-4H2,(H,11,13)/t7-/m1/s1. The van der Waals surface area contributed by atoms with E-state index in [1.165, 1.54) is 17.4 Å². The molecule has 1 rings (SSSR count). The Labute approximate surface area is 86.3 Å². The fourth-order valence-electron chi connectivity index (χ4n) is 1.04. The first-order valence-electron chi connectivity index (χ1n) is 4.20. The van der Waals surface area contributed by atoms with Crippen LogP contribution in [0.2, 0.25) is 0 Å². The zero-order valence-electron chi connectivity index (χ0n) is 7.64. The van der Waals surface area contributed by atoms with Gasteiger partial charge in [0.1, 0.15) is 0 Å². The largest absolute Gasteiger partial charge is 0.396 e. The summed E-state index contributed by atoms with van der Waals surface area (Å²) in [5, 5.41) is 11.6. The fraction of sp³-hybridized carbons (Fsp3) is 0.333. The molecule has 1 atom stereocenters.